The van der Waals surface area contributed by atoms with E-state index in [0.29, 0.717) is 5.02 Å². The zero-order valence-corrected chi connectivity index (χ0v) is 17.5. The maximum absolute atomic E-state index is 14.6. The Labute approximate surface area is 139 Å². The molecule has 0 spiro atoms. The van der Waals surface area contributed by atoms with Gasteiger partial charge in [-0.25, -0.2) is 0 Å². The van der Waals surface area contributed by atoms with E-state index in [0.717, 1.165) is 3.58 Å². The molecule has 1 rings (SSSR count). The van der Waals surface area contributed by atoms with Gasteiger partial charge in [0, 0.05) is 0 Å². The molecule has 0 aliphatic rings. The van der Waals surface area contributed by atoms with Gasteiger partial charge in [-0.2, -0.15) is 0 Å². The van der Waals surface area contributed by atoms with E-state index in [1.54, 1.807) is 0 Å². The van der Waals surface area contributed by atoms with Crippen LogP contribution in [0, 0.1) is 5.82 Å². The Hall–Kier alpha value is 0.239. The number of rotatable bonds is 10. The molecular weight excluding hydrogens is 389 g/mol. The van der Waals surface area contributed by atoms with E-state index in [4.69, 9.17) is 11.6 Å². The van der Waals surface area contributed by atoms with E-state index in [1.165, 1.54) is 57.9 Å². The van der Waals surface area contributed by atoms with E-state index in [2.05, 4.69) is 20.8 Å². The number of unbranched alkanes of at least 4 members (excludes halogenated alkanes) is 3. The summed E-state index contributed by atoms with van der Waals surface area (Å²) in [4.78, 5) is 0. The molecule has 0 heterocycles. The average Bonchev–Trinajstić information content (AvgIpc) is 2.47. The minimum absolute atomic E-state index is 0.0263. The summed E-state index contributed by atoms with van der Waals surface area (Å²) in [5.41, 5.74) is 0. The Morgan fingerprint density at radius 2 is 1.38 bits per heavy atom. The van der Waals surface area contributed by atoms with Crippen molar-refractivity contribution >= 4 is 33.6 Å². The number of hydrogen-bond donors (Lipinski definition) is 0. The summed E-state index contributed by atoms with van der Waals surface area (Å²) in [5.74, 6) is -0.0263. The van der Waals surface area contributed by atoms with Gasteiger partial charge < -0.3 is 0 Å². The van der Waals surface area contributed by atoms with E-state index in [-0.39, 0.29) is 5.82 Å². The van der Waals surface area contributed by atoms with Crippen LogP contribution in [0.5, 0.6) is 0 Å². The maximum atomic E-state index is 14.6. The summed E-state index contributed by atoms with van der Waals surface area (Å²) < 4.78 is 19.6. The molecule has 1 aromatic carbocycles. The summed E-state index contributed by atoms with van der Waals surface area (Å²) in [5, 5.41) is 0.526. The molecule has 0 unspecified atom stereocenters. The summed E-state index contributed by atoms with van der Waals surface area (Å²) in [6.07, 6.45) is 7.41. The Morgan fingerprint density at radius 1 is 0.905 bits per heavy atom. The fourth-order valence-electron chi connectivity index (χ4n) is 3.24. The topological polar surface area (TPSA) is 0 Å². The van der Waals surface area contributed by atoms with Gasteiger partial charge >= 0.3 is 140 Å². The third-order valence-corrected chi connectivity index (χ3v) is 20.4. The molecule has 0 atom stereocenters. The minimum atomic E-state index is -2.62. The average molecular weight is 420 g/mol. The van der Waals surface area contributed by atoms with Crippen molar-refractivity contribution < 1.29 is 4.39 Å². The first kappa shape index (κ1) is 19.3. The second kappa shape index (κ2) is 10.1. The monoisotopic (exact) mass is 420 g/mol. The van der Waals surface area contributed by atoms with Crippen molar-refractivity contribution in [2.45, 2.75) is 72.6 Å². The Balaban J connectivity index is 3.15. The number of benzene rings is 1. The molecule has 120 valence electrons. The summed E-state index contributed by atoms with van der Waals surface area (Å²) in [6.45, 7) is 6.73. The second-order valence-corrected chi connectivity index (χ2v) is 19.8. The zero-order chi connectivity index (χ0) is 15.7. The predicted octanol–water partition coefficient (Wildman–Crippen LogP) is 6.54. The molecule has 0 N–H and O–H groups in total. The van der Waals surface area contributed by atoms with Gasteiger partial charge in [-0.3, -0.25) is 0 Å². The zero-order valence-electron chi connectivity index (χ0n) is 13.9. The molecule has 0 fully saturated rings. The molecule has 0 amide bonds. The van der Waals surface area contributed by atoms with Gasteiger partial charge in [0.2, 0.25) is 0 Å². The fourth-order valence-corrected chi connectivity index (χ4v) is 19.6. The third kappa shape index (κ3) is 5.74. The van der Waals surface area contributed by atoms with Crippen LogP contribution in [0.3, 0.4) is 0 Å². The van der Waals surface area contributed by atoms with Crippen molar-refractivity contribution in [1.29, 1.82) is 0 Å². The molecule has 0 nitrogen and oxygen atoms in total. The molecule has 0 aliphatic carbocycles. The summed E-state index contributed by atoms with van der Waals surface area (Å²) in [7, 11) is 0. The van der Waals surface area contributed by atoms with Gasteiger partial charge in [0.05, 0.1) is 0 Å². The number of hydrogen-bond acceptors (Lipinski definition) is 0. The summed E-state index contributed by atoms with van der Waals surface area (Å²) >= 11 is 3.34. The van der Waals surface area contributed by atoms with Crippen LogP contribution < -0.4 is 3.58 Å². The first-order valence-electron chi connectivity index (χ1n) is 8.55. The normalized spacial score (nSPS) is 11.9. The van der Waals surface area contributed by atoms with E-state index < -0.39 is 18.4 Å². The predicted molar refractivity (Wildman–Crippen MR) is 95.9 cm³/mol. The molecule has 1 aromatic rings. The molecule has 0 bridgehead atoms. The standard InChI is InChI=1S/C6H3ClF.3C4H9.Sn/c7-5-2-1-3-6(8)4-5;3*1-3-4-2;/h1-2,4H;3*1,3-4H2,2H3;. The van der Waals surface area contributed by atoms with Crippen LogP contribution in [-0.2, 0) is 0 Å². The van der Waals surface area contributed by atoms with Crippen molar-refractivity contribution in [3.8, 4) is 0 Å². The van der Waals surface area contributed by atoms with Crippen LogP contribution in [0.1, 0.15) is 59.3 Å². The Morgan fingerprint density at radius 3 is 1.76 bits per heavy atom. The van der Waals surface area contributed by atoms with E-state index in [1.807, 2.05) is 12.1 Å². The van der Waals surface area contributed by atoms with Gasteiger partial charge in [0.15, 0.2) is 0 Å². The van der Waals surface area contributed by atoms with Crippen molar-refractivity contribution in [2.75, 3.05) is 0 Å². The van der Waals surface area contributed by atoms with Crippen LogP contribution in [0.15, 0.2) is 18.2 Å². The number of halogens is 2. The molecule has 0 saturated carbocycles. The summed E-state index contributed by atoms with van der Waals surface area (Å²) in [6, 6.07) is 5.45. The van der Waals surface area contributed by atoms with Gasteiger partial charge in [-0.05, 0) is 0 Å². The molecule has 0 aliphatic heterocycles. The van der Waals surface area contributed by atoms with Gasteiger partial charge in [-0.1, -0.05) is 0 Å². The Kier molecular flexibility index (Phi) is 9.27. The SMILES string of the molecule is CCC[CH2][Sn]([CH2]CCC)([CH2]CCC)[c]1ccc(Cl)cc1F. The van der Waals surface area contributed by atoms with Crippen molar-refractivity contribution in [1.82, 2.24) is 0 Å². The second-order valence-electron chi connectivity index (χ2n) is 6.22. The fraction of sp³-hybridized carbons (Fsp3) is 0.667. The quantitative estimate of drug-likeness (QED) is 0.378. The first-order chi connectivity index (χ1) is 10.1. The molecule has 0 saturated heterocycles. The molecule has 21 heavy (non-hydrogen) atoms. The van der Waals surface area contributed by atoms with Crippen LogP contribution in [0.4, 0.5) is 4.39 Å². The third-order valence-electron chi connectivity index (χ3n) is 4.53. The first-order valence-corrected chi connectivity index (χ1v) is 16.4. The van der Waals surface area contributed by atoms with E-state index >= 15 is 0 Å². The van der Waals surface area contributed by atoms with Crippen LogP contribution in [0.25, 0.3) is 0 Å². The van der Waals surface area contributed by atoms with Crippen molar-refractivity contribution in [3.63, 3.8) is 0 Å². The molecule has 0 aromatic heterocycles. The molecule has 3 heteroatoms. The van der Waals surface area contributed by atoms with Crippen LogP contribution in [0.2, 0.25) is 18.3 Å². The van der Waals surface area contributed by atoms with Gasteiger partial charge in [0.25, 0.3) is 0 Å². The van der Waals surface area contributed by atoms with Crippen LogP contribution in [-0.4, -0.2) is 18.4 Å². The molecular formula is C18H30ClFSn. The van der Waals surface area contributed by atoms with Gasteiger partial charge in [0.1, 0.15) is 0 Å². The molecule has 0 radical (unpaired) electrons. The Bertz CT molecular complexity index is 398. The van der Waals surface area contributed by atoms with Crippen molar-refractivity contribution in [3.05, 3.63) is 29.0 Å². The van der Waals surface area contributed by atoms with Gasteiger partial charge in [-0.15, -0.1) is 0 Å². The van der Waals surface area contributed by atoms with Crippen LogP contribution >= 0.6 is 11.6 Å². The van der Waals surface area contributed by atoms with E-state index in [9.17, 15) is 4.39 Å². The van der Waals surface area contributed by atoms with Crippen molar-refractivity contribution in [2.24, 2.45) is 0 Å².